The summed E-state index contributed by atoms with van der Waals surface area (Å²) in [4.78, 5) is 10.0. The fraction of sp³-hybridized carbons (Fsp3) is 0.333. The number of nitrogens with zero attached hydrogens (tertiary/aromatic N) is 2. The van der Waals surface area contributed by atoms with E-state index < -0.39 is 6.36 Å². The monoisotopic (exact) mass is 452 g/mol. The Kier molecular flexibility index (Phi) is 7.34. The molecule has 3 aromatic rings. The van der Waals surface area contributed by atoms with Gasteiger partial charge in [0.25, 0.3) is 0 Å². The number of aliphatic hydroxyl groups excluding tert-OH is 1. The van der Waals surface area contributed by atoms with E-state index in [4.69, 9.17) is 0 Å². The lowest BCUT2D eigenvalue weighted by Gasteiger charge is -2.20. The molecule has 0 fully saturated rings. The van der Waals surface area contributed by atoms with E-state index in [1.54, 1.807) is 23.5 Å². The van der Waals surface area contributed by atoms with Crippen LogP contribution in [-0.4, -0.2) is 34.1 Å². The maximum absolute atomic E-state index is 12.6. The molecule has 0 amide bonds. The molecule has 0 aliphatic carbocycles. The van der Waals surface area contributed by atoms with E-state index in [1.807, 2.05) is 31.4 Å². The average molecular weight is 453 g/mol. The predicted octanol–water partition coefficient (Wildman–Crippen LogP) is 5.14. The highest BCUT2D eigenvalue weighted by Gasteiger charge is 2.31. The molecule has 0 saturated heterocycles. The van der Waals surface area contributed by atoms with Crippen molar-refractivity contribution in [3.8, 4) is 17.0 Å². The second-order valence-corrected chi connectivity index (χ2v) is 8.18. The Morgan fingerprint density at radius 2 is 1.94 bits per heavy atom. The Hall–Kier alpha value is -2.85. The van der Waals surface area contributed by atoms with Crippen molar-refractivity contribution in [2.24, 2.45) is 5.92 Å². The lowest BCUT2D eigenvalue weighted by molar-refractivity contribution is -0.274. The van der Waals surface area contributed by atoms with Gasteiger partial charge in [-0.05, 0) is 29.5 Å². The quantitative estimate of drug-likeness (QED) is 0.417. The van der Waals surface area contributed by atoms with Crippen LogP contribution in [-0.2, 0) is 6.54 Å². The molecule has 1 aromatic carbocycles. The van der Waals surface area contributed by atoms with Crippen LogP contribution in [0.25, 0.3) is 11.3 Å². The van der Waals surface area contributed by atoms with Crippen molar-refractivity contribution in [1.82, 2.24) is 9.97 Å². The first kappa shape index (κ1) is 22.8. The normalized spacial score (nSPS) is 12.6. The fourth-order valence-electron chi connectivity index (χ4n) is 2.78. The minimum atomic E-state index is -4.78. The molecule has 31 heavy (non-hydrogen) atoms. The van der Waals surface area contributed by atoms with E-state index in [9.17, 15) is 18.3 Å². The Morgan fingerprint density at radius 3 is 2.58 bits per heavy atom. The van der Waals surface area contributed by atoms with E-state index in [0.717, 1.165) is 4.88 Å². The van der Waals surface area contributed by atoms with Crippen molar-refractivity contribution in [3.05, 3.63) is 52.7 Å². The van der Waals surface area contributed by atoms with E-state index in [0.29, 0.717) is 23.6 Å². The minimum absolute atomic E-state index is 0.113. The fourth-order valence-corrected chi connectivity index (χ4v) is 3.43. The van der Waals surface area contributed by atoms with E-state index in [-0.39, 0.29) is 30.3 Å². The number of halogens is 3. The van der Waals surface area contributed by atoms with Gasteiger partial charge in [0.2, 0.25) is 5.95 Å². The number of benzene rings is 1. The number of nitrogens with one attached hydrogen (secondary N) is 2. The number of rotatable bonds is 9. The summed E-state index contributed by atoms with van der Waals surface area (Å²) in [6.07, 6.45) is -4.78. The summed E-state index contributed by atoms with van der Waals surface area (Å²) in [5.41, 5.74) is 0.857. The van der Waals surface area contributed by atoms with Crippen LogP contribution in [0.15, 0.2) is 47.8 Å². The van der Waals surface area contributed by atoms with Crippen molar-refractivity contribution >= 4 is 23.1 Å². The molecular weight excluding hydrogens is 429 g/mol. The highest BCUT2D eigenvalue weighted by molar-refractivity contribution is 7.09. The molecule has 0 aliphatic heterocycles. The second-order valence-electron chi connectivity index (χ2n) is 7.15. The average Bonchev–Trinajstić information content (AvgIpc) is 3.23. The van der Waals surface area contributed by atoms with Gasteiger partial charge in [-0.3, -0.25) is 0 Å². The van der Waals surface area contributed by atoms with Crippen LogP contribution < -0.4 is 15.4 Å². The van der Waals surface area contributed by atoms with E-state index >= 15 is 0 Å². The third-order valence-electron chi connectivity index (χ3n) is 4.43. The molecule has 10 heteroatoms. The van der Waals surface area contributed by atoms with Gasteiger partial charge in [-0.15, -0.1) is 24.5 Å². The topological polar surface area (TPSA) is 79.3 Å². The minimum Gasteiger partial charge on any atom is -0.406 e. The number of thiophene rings is 1. The Bertz CT molecular complexity index is 981. The van der Waals surface area contributed by atoms with Gasteiger partial charge in [0.15, 0.2) is 0 Å². The summed E-state index contributed by atoms with van der Waals surface area (Å²) in [7, 11) is 0. The van der Waals surface area contributed by atoms with Gasteiger partial charge in [-0.25, -0.2) is 4.98 Å². The first-order valence-electron chi connectivity index (χ1n) is 9.62. The molecule has 0 bridgehead atoms. The first-order chi connectivity index (χ1) is 14.7. The molecule has 0 spiro atoms. The zero-order valence-electron chi connectivity index (χ0n) is 17.0. The van der Waals surface area contributed by atoms with Crippen LogP contribution in [0.1, 0.15) is 18.7 Å². The largest absolute Gasteiger partial charge is 0.573 e. The molecular formula is C21H23F3N4O2S. The number of anilines is 2. The summed E-state index contributed by atoms with van der Waals surface area (Å²) in [6.45, 7) is 4.33. The molecule has 3 rings (SSSR count). The smallest absolute Gasteiger partial charge is 0.406 e. The molecule has 2 heterocycles. The van der Waals surface area contributed by atoms with Crippen LogP contribution in [0.5, 0.6) is 5.75 Å². The van der Waals surface area contributed by atoms with Crippen LogP contribution in [0, 0.1) is 5.92 Å². The summed E-state index contributed by atoms with van der Waals surface area (Å²) in [5.74, 6) is 0.550. The standard InChI is InChI=1S/C21H23F3N4O2S/c1-13(2)18(12-29)27-20-26-17(10-19(28-20)25-11-16-7-4-8-31-16)14-5-3-6-15(9-14)30-21(22,23)24/h3-10,13,18,29H,11-12H2,1-2H3,(H2,25,26,27,28)/t18-/m1/s1. The van der Waals surface area contributed by atoms with Gasteiger partial charge >= 0.3 is 6.36 Å². The lowest BCUT2D eigenvalue weighted by atomic mass is 10.1. The summed E-state index contributed by atoms with van der Waals surface area (Å²) in [5, 5.41) is 17.9. The first-order valence-corrected chi connectivity index (χ1v) is 10.5. The van der Waals surface area contributed by atoms with Gasteiger partial charge in [-0.2, -0.15) is 4.98 Å². The van der Waals surface area contributed by atoms with E-state index in [1.165, 1.54) is 18.2 Å². The molecule has 2 aromatic heterocycles. The SMILES string of the molecule is CC(C)[C@@H](CO)Nc1nc(NCc2cccs2)cc(-c2cccc(OC(F)(F)F)c2)n1. The Labute approximate surface area is 182 Å². The number of hydrogen-bond acceptors (Lipinski definition) is 7. The third-order valence-corrected chi connectivity index (χ3v) is 5.31. The van der Waals surface area contributed by atoms with Crippen molar-refractivity contribution in [3.63, 3.8) is 0 Å². The van der Waals surface area contributed by atoms with Crippen LogP contribution in [0.3, 0.4) is 0 Å². The van der Waals surface area contributed by atoms with Crippen LogP contribution in [0.4, 0.5) is 24.9 Å². The second kappa shape index (κ2) is 9.97. The number of aromatic nitrogens is 2. The van der Waals surface area contributed by atoms with E-state index in [2.05, 4.69) is 25.3 Å². The molecule has 6 nitrogen and oxygen atoms in total. The van der Waals surface area contributed by atoms with Crippen molar-refractivity contribution in [1.29, 1.82) is 0 Å². The van der Waals surface area contributed by atoms with Gasteiger partial charge in [-0.1, -0.05) is 32.0 Å². The van der Waals surface area contributed by atoms with Gasteiger partial charge in [0.05, 0.1) is 24.9 Å². The molecule has 0 aliphatic rings. The predicted molar refractivity (Wildman–Crippen MR) is 115 cm³/mol. The maximum Gasteiger partial charge on any atom is 0.573 e. The Morgan fingerprint density at radius 1 is 1.13 bits per heavy atom. The summed E-state index contributed by atoms with van der Waals surface area (Å²) in [6, 6.07) is 10.9. The molecule has 0 unspecified atom stereocenters. The van der Waals surface area contributed by atoms with Gasteiger partial charge in [0, 0.05) is 16.5 Å². The summed E-state index contributed by atoms with van der Waals surface area (Å²) >= 11 is 1.59. The number of ether oxygens (including phenoxy) is 1. The summed E-state index contributed by atoms with van der Waals surface area (Å²) < 4.78 is 41.8. The van der Waals surface area contributed by atoms with Crippen molar-refractivity contribution in [2.75, 3.05) is 17.2 Å². The molecule has 0 radical (unpaired) electrons. The zero-order chi connectivity index (χ0) is 22.4. The third kappa shape index (κ3) is 6.83. The highest BCUT2D eigenvalue weighted by atomic mass is 32.1. The lowest BCUT2D eigenvalue weighted by Crippen LogP contribution is -2.30. The number of alkyl halides is 3. The van der Waals surface area contributed by atoms with Crippen molar-refractivity contribution < 1.29 is 23.0 Å². The van der Waals surface area contributed by atoms with Crippen LogP contribution in [0.2, 0.25) is 0 Å². The highest BCUT2D eigenvalue weighted by Crippen LogP contribution is 2.29. The number of aliphatic hydroxyl groups is 1. The maximum atomic E-state index is 12.6. The van der Waals surface area contributed by atoms with Crippen molar-refractivity contribution in [2.45, 2.75) is 32.8 Å². The number of hydrogen-bond donors (Lipinski definition) is 3. The van der Waals surface area contributed by atoms with Crippen LogP contribution >= 0.6 is 11.3 Å². The zero-order valence-corrected chi connectivity index (χ0v) is 17.8. The molecule has 166 valence electrons. The molecule has 3 N–H and O–H groups in total. The Balaban J connectivity index is 1.93. The molecule has 0 saturated carbocycles. The molecule has 1 atom stereocenters. The van der Waals surface area contributed by atoms with Gasteiger partial charge < -0.3 is 20.5 Å². The van der Waals surface area contributed by atoms with Gasteiger partial charge in [0.1, 0.15) is 11.6 Å².